The fourth-order valence-electron chi connectivity index (χ4n) is 9.06. The molecule has 6 amide bonds. The molecule has 4 N–H and O–H groups in total. The molecule has 2 saturated heterocycles. The van der Waals surface area contributed by atoms with Crippen LogP contribution in [0, 0.1) is 29.6 Å². The van der Waals surface area contributed by atoms with Gasteiger partial charge in [0.2, 0.25) is 29.5 Å². The highest BCUT2D eigenvalue weighted by molar-refractivity contribution is 6.05. The Morgan fingerprint density at radius 3 is 2.07 bits per heavy atom. The van der Waals surface area contributed by atoms with Crippen LogP contribution in [0.1, 0.15) is 134 Å². The number of nitrogens with zero attached hydrogens (tertiary/aromatic N) is 3. The number of aliphatic hydroxyl groups is 1. The van der Waals surface area contributed by atoms with Crippen LogP contribution in [-0.2, 0) is 59.0 Å². The van der Waals surface area contributed by atoms with E-state index < -0.39 is 138 Å². The summed E-state index contributed by atoms with van der Waals surface area (Å²) >= 11 is 0. The summed E-state index contributed by atoms with van der Waals surface area (Å²) < 4.78 is 22.8. The van der Waals surface area contributed by atoms with Gasteiger partial charge < -0.3 is 49.8 Å². The summed E-state index contributed by atoms with van der Waals surface area (Å²) in [5, 5.41) is 20.0. The number of methoxy groups -OCH3 is 1. The number of hydrogen-bond donors (Lipinski definition) is 4. The SMILES string of the molecule is CC[C@H](C)[C@H]1NC(=O)[C@@H](NC(=O)[C@@H](CC(C)C)N(C)C(=O)OC(C)(C)C)[C@@H](C)OC(=O)[C@H](Cc2ccc(OC)cc2)N(C)C(=O)[C@@H]2CCCN2C(=O)[C@H](CC(C)C)NC(=O)[C@@H](C)C(=O)[C@H](C(C)C)OC(=O)C[C@@H]1O. The van der Waals surface area contributed by atoms with Crippen LogP contribution in [0.5, 0.6) is 5.75 Å². The molecule has 0 aliphatic carbocycles. The van der Waals surface area contributed by atoms with Gasteiger partial charge in [0.25, 0.3) is 0 Å². The van der Waals surface area contributed by atoms with Crippen molar-refractivity contribution < 1.29 is 67.2 Å². The average molecular weight is 1040 g/mol. The summed E-state index contributed by atoms with van der Waals surface area (Å²) in [6, 6.07) is -0.924. The maximum absolute atomic E-state index is 14.8. The van der Waals surface area contributed by atoms with Gasteiger partial charge in [0.15, 0.2) is 11.9 Å². The van der Waals surface area contributed by atoms with Gasteiger partial charge in [0, 0.05) is 27.1 Å². The number of benzene rings is 1. The van der Waals surface area contributed by atoms with Crippen LogP contribution in [-0.4, -0.2) is 161 Å². The van der Waals surface area contributed by atoms with Crippen LogP contribution < -0.4 is 20.7 Å². The molecule has 2 aliphatic heterocycles. The fraction of sp³-hybridized carbons (Fsp3) is 0.722. The summed E-state index contributed by atoms with van der Waals surface area (Å²) in [6.07, 6.45) is -4.89. The second kappa shape index (κ2) is 27.7. The highest BCUT2D eigenvalue weighted by Gasteiger charge is 2.45. The topological polar surface area (TPSA) is 257 Å². The Kier molecular flexibility index (Phi) is 23.4. The van der Waals surface area contributed by atoms with Crippen LogP contribution in [0.4, 0.5) is 4.79 Å². The predicted octanol–water partition coefficient (Wildman–Crippen LogP) is 4.35. The second-order valence-electron chi connectivity index (χ2n) is 22.2. The van der Waals surface area contributed by atoms with Crippen LogP contribution >= 0.6 is 0 Å². The quantitative estimate of drug-likeness (QED) is 0.122. The van der Waals surface area contributed by atoms with Gasteiger partial charge in [0.1, 0.15) is 47.7 Å². The monoisotopic (exact) mass is 1040 g/mol. The first-order chi connectivity index (χ1) is 34.4. The molecule has 0 unspecified atom stereocenters. The number of cyclic esters (lactones) is 2. The molecule has 0 radical (unpaired) electrons. The first-order valence-corrected chi connectivity index (χ1v) is 26.1. The van der Waals surface area contributed by atoms with Crippen LogP contribution in [0.2, 0.25) is 0 Å². The van der Waals surface area contributed by atoms with Crippen molar-refractivity contribution in [2.75, 3.05) is 27.7 Å². The van der Waals surface area contributed by atoms with Gasteiger partial charge in [-0.25, -0.2) is 9.59 Å². The van der Waals surface area contributed by atoms with Crippen molar-refractivity contribution in [2.24, 2.45) is 29.6 Å². The molecule has 0 spiro atoms. The number of esters is 2. The molecular weight excluding hydrogens is 957 g/mol. The number of nitrogens with one attached hydrogen (secondary N) is 3. The van der Waals surface area contributed by atoms with E-state index in [4.69, 9.17) is 18.9 Å². The fourth-order valence-corrected chi connectivity index (χ4v) is 9.06. The molecule has 11 atom stereocenters. The highest BCUT2D eigenvalue weighted by atomic mass is 16.6. The van der Waals surface area contributed by atoms with Crippen LogP contribution in [0.3, 0.4) is 0 Å². The highest BCUT2D eigenvalue weighted by Crippen LogP contribution is 2.26. The van der Waals surface area contributed by atoms with Gasteiger partial charge >= 0.3 is 18.0 Å². The lowest BCUT2D eigenvalue weighted by Gasteiger charge is -2.36. The first kappa shape index (κ1) is 62.5. The largest absolute Gasteiger partial charge is 0.497 e. The number of carbonyl (C=O) groups is 9. The number of ether oxygens (including phenoxy) is 4. The summed E-state index contributed by atoms with van der Waals surface area (Å²) in [5.41, 5.74) is -0.325. The molecule has 1 aromatic rings. The smallest absolute Gasteiger partial charge is 0.410 e. The Bertz CT molecular complexity index is 2120. The molecule has 1 aromatic carbocycles. The van der Waals surface area contributed by atoms with Gasteiger partial charge in [-0.05, 0) is 102 Å². The number of hydrogen-bond acceptors (Lipinski definition) is 14. The van der Waals surface area contributed by atoms with E-state index in [-0.39, 0.29) is 44.1 Å². The molecule has 3 rings (SSSR count). The molecule has 0 bridgehead atoms. The lowest BCUT2D eigenvalue weighted by Crippen LogP contribution is -2.61. The minimum Gasteiger partial charge on any atom is -0.497 e. The maximum Gasteiger partial charge on any atom is 0.410 e. The molecular formula is C54H86N6O14. The predicted molar refractivity (Wildman–Crippen MR) is 275 cm³/mol. The number of rotatable bonds is 13. The van der Waals surface area contributed by atoms with E-state index in [2.05, 4.69) is 16.0 Å². The Morgan fingerprint density at radius 2 is 1.53 bits per heavy atom. The lowest BCUT2D eigenvalue weighted by molar-refractivity contribution is -0.163. The normalized spacial score (nSPS) is 26.4. The molecule has 2 heterocycles. The summed E-state index contributed by atoms with van der Waals surface area (Å²) in [4.78, 5) is 132. The van der Waals surface area contributed by atoms with Crippen LogP contribution in [0.25, 0.3) is 0 Å². The number of aliphatic hydroxyl groups excluding tert-OH is 1. The zero-order chi connectivity index (χ0) is 56.1. The summed E-state index contributed by atoms with van der Waals surface area (Å²) in [6.45, 7) is 22.1. The zero-order valence-corrected chi connectivity index (χ0v) is 46.6. The molecule has 416 valence electrons. The van der Waals surface area contributed by atoms with E-state index >= 15 is 0 Å². The first-order valence-electron chi connectivity index (χ1n) is 26.1. The van der Waals surface area contributed by atoms with E-state index in [0.29, 0.717) is 24.2 Å². The van der Waals surface area contributed by atoms with Gasteiger partial charge in [0.05, 0.1) is 31.6 Å². The Labute approximate surface area is 438 Å². The molecule has 20 nitrogen and oxygen atoms in total. The van der Waals surface area contributed by atoms with Gasteiger partial charge in [-0.15, -0.1) is 0 Å². The van der Waals surface area contributed by atoms with E-state index in [1.807, 2.05) is 27.7 Å². The number of ketones is 1. The zero-order valence-electron chi connectivity index (χ0n) is 46.6. The molecule has 0 saturated carbocycles. The van der Waals surface area contributed by atoms with E-state index in [1.54, 1.807) is 72.7 Å². The molecule has 20 heteroatoms. The van der Waals surface area contributed by atoms with Gasteiger partial charge in [-0.2, -0.15) is 0 Å². The molecule has 2 aliphatic rings. The van der Waals surface area contributed by atoms with Crippen molar-refractivity contribution in [1.29, 1.82) is 0 Å². The Balaban J connectivity index is 2.29. The van der Waals surface area contributed by atoms with E-state index in [1.165, 1.54) is 44.9 Å². The standard InChI is InChI=1S/C54H86N6O14/c1-17-32(8)43-41(61)28-42(62)73-46(31(6)7)45(63)33(9)47(64)55-37(25-29(2)3)50(67)60-24-18-19-38(60)51(68)58(14)40(27-35-20-22-36(71-16)23-21-35)52(69)72-34(10)44(49(66)56-43)57-48(65)39(26-30(4)5)59(15)53(70)74-54(11,12)13/h20-23,29-34,37-41,43-44,46,61H,17-19,24-28H2,1-16H3,(H,55,64)(H,56,66)(H,57,65)/t32-,33-,34+,37-,38-,39+,40-,41-,43+,44-,46-/m0/s1. The third-order valence-electron chi connectivity index (χ3n) is 13.6. The number of likely N-dealkylation sites (N-methyl/N-ethyl adjacent to an activating group) is 2. The number of carbonyl (C=O) groups excluding carboxylic acids is 9. The van der Waals surface area contributed by atoms with E-state index in [9.17, 15) is 48.3 Å². The number of Topliss-reactive ketones (excluding diaryl/α,β-unsaturated/α-hetero) is 1. The lowest BCUT2D eigenvalue weighted by atomic mass is 9.91. The summed E-state index contributed by atoms with van der Waals surface area (Å²) in [7, 11) is 4.30. The number of amides is 6. The third kappa shape index (κ3) is 17.4. The van der Waals surface area contributed by atoms with Crippen molar-refractivity contribution in [3.63, 3.8) is 0 Å². The molecule has 2 fully saturated rings. The maximum atomic E-state index is 14.8. The Morgan fingerprint density at radius 1 is 0.905 bits per heavy atom. The average Bonchev–Trinajstić information content (AvgIpc) is 3.82. The van der Waals surface area contributed by atoms with E-state index in [0.717, 1.165) is 4.90 Å². The minimum absolute atomic E-state index is 0.105. The van der Waals surface area contributed by atoms with Gasteiger partial charge in [-0.3, -0.25) is 38.5 Å². The molecule has 0 aromatic heterocycles. The second-order valence-corrected chi connectivity index (χ2v) is 22.2. The Hall–Kier alpha value is -5.79. The van der Waals surface area contributed by atoms with Crippen molar-refractivity contribution in [3.05, 3.63) is 29.8 Å². The van der Waals surface area contributed by atoms with Crippen molar-refractivity contribution in [3.8, 4) is 5.75 Å². The minimum atomic E-state index is -1.71. The van der Waals surface area contributed by atoms with Gasteiger partial charge in [-0.1, -0.05) is 73.9 Å². The summed E-state index contributed by atoms with van der Waals surface area (Å²) in [5.74, 6) is -8.70. The molecule has 74 heavy (non-hydrogen) atoms. The van der Waals surface area contributed by atoms with Crippen LogP contribution in [0.15, 0.2) is 24.3 Å². The van der Waals surface area contributed by atoms with Crippen molar-refractivity contribution >= 4 is 53.4 Å². The van der Waals surface area contributed by atoms with Crippen molar-refractivity contribution in [1.82, 2.24) is 30.7 Å². The van der Waals surface area contributed by atoms with Crippen molar-refractivity contribution in [2.45, 2.75) is 195 Å². The third-order valence-corrected chi connectivity index (χ3v) is 13.6. The number of fused-ring (bicyclic) bond motifs is 1.